The number of carbonyl (C=O) groups is 2. The summed E-state index contributed by atoms with van der Waals surface area (Å²) in [6.45, 7) is 0.722. The van der Waals surface area contributed by atoms with Crippen LogP contribution in [0.4, 0.5) is 4.79 Å². The number of primary amides is 1. The van der Waals surface area contributed by atoms with Crippen molar-refractivity contribution in [3.05, 3.63) is 84.3 Å². The van der Waals surface area contributed by atoms with E-state index >= 15 is 0 Å². The molecule has 1 saturated heterocycles. The number of amides is 3. The van der Waals surface area contributed by atoms with Crippen molar-refractivity contribution < 1.29 is 18.0 Å². The number of urea groups is 1. The molecular weight excluding hydrogens is 430 g/mol. The number of sulfonamides is 1. The van der Waals surface area contributed by atoms with Crippen LogP contribution in [-0.2, 0) is 14.8 Å². The maximum Gasteiger partial charge on any atom is 0.312 e. The Kier molecular flexibility index (Phi) is 5.78. The average molecular weight is 452 g/mol. The maximum absolute atomic E-state index is 13.0. The molecule has 4 rings (SSSR count). The molecule has 1 aromatic heterocycles. The normalized spacial score (nSPS) is 16.4. The van der Waals surface area contributed by atoms with E-state index in [9.17, 15) is 18.0 Å². The highest BCUT2D eigenvalue weighted by Gasteiger charge is 2.32. The van der Waals surface area contributed by atoms with Crippen molar-refractivity contribution in [2.75, 3.05) is 13.1 Å². The smallest absolute Gasteiger partial charge is 0.312 e. The second-order valence-corrected chi connectivity index (χ2v) is 8.97. The van der Waals surface area contributed by atoms with Crippen molar-refractivity contribution in [2.45, 2.75) is 10.9 Å². The Morgan fingerprint density at radius 3 is 2.59 bits per heavy atom. The molecule has 2 aliphatic rings. The molecule has 32 heavy (non-hydrogen) atoms. The SMILES string of the molecule is NC(=O)NC1CN(C(=O)C2=CC=C(NS(=O)(=O)c3cccc4cccnc34)C=CC=C2)C1. The molecule has 164 valence electrons. The first kappa shape index (κ1) is 21.3. The number of hydrogen-bond donors (Lipinski definition) is 3. The highest BCUT2D eigenvalue weighted by atomic mass is 32.2. The molecule has 1 fully saturated rings. The number of hydrogen-bond acceptors (Lipinski definition) is 5. The first-order chi connectivity index (χ1) is 15.3. The van der Waals surface area contributed by atoms with Crippen LogP contribution < -0.4 is 15.8 Å². The number of rotatable bonds is 5. The second-order valence-electron chi connectivity index (χ2n) is 7.31. The number of para-hydroxylation sites is 1. The molecule has 0 unspecified atom stereocenters. The number of nitrogens with one attached hydrogen (secondary N) is 2. The zero-order valence-electron chi connectivity index (χ0n) is 16.9. The van der Waals surface area contributed by atoms with E-state index in [1.54, 1.807) is 65.7 Å². The lowest BCUT2D eigenvalue weighted by Crippen LogP contribution is -2.61. The van der Waals surface area contributed by atoms with Gasteiger partial charge in [0.1, 0.15) is 4.90 Å². The zero-order valence-corrected chi connectivity index (χ0v) is 17.7. The van der Waals surface area contributed by atoms with Crippen LogP contribution in [0.3, 0.4) is 0 Å². The standard InChI is InChI=1S/C22H21N5O4S/c23-22(29)25-18-13-27(14-18)21(28)16-5-1-2-8-17(11-10-16)26-32(30,31)19-9-3-6-15-7-4-12-24-20(15)19/h1-12,18,26H,13-14H2,(H3,23,25,29). The Balaban J connectivity index is 1.53. The van der Waals surface area contributed by atoms with Crippen LogP contribution in [0.25, 0.3) is 10.9 Å². The fourth-order valence-corrected chi connectivity index (χ4v) is 4.68. The van der Waals surface area contributed by atoms with Crippen LogP contribution in [0.2, 0.25) is 0 Å². The Labute approximate surface area is 185 Å². The predicted molar refractivity (Wildman–Crippen MR) is 120 cm³/mol. The monoisotopic (exact) mass is 451 g/mol. The number of benzene rings is 1. The topological polar surface area (TPSA) is 134 Å². The van der Waals surface area contributed by atoms with Gasteiger partial charge in [-0.3, -0.25) is 14.5 Å². The summed E-state index contributed by atoms with van der Waals surface area (Å²) in [6, 6.07) is 7.69. The molecule has 1 aliphatic carbocycles. The lowest BCUT2D eigenvalue weighted by Gasteiger charge is -2.39. The van der Waals surface area contributed by atoms with Crippen molar-refractivity contribution in [1.82, 2.24) is 19.9 Å². The van der Waals surface area contributed by atoms with Gasteiger partial charge >= 0.3 is 6.03 Å². The van der Waals surface area contributed by atoms with E-state index in [0.29, 0.717) is 35.3 Å². The molecule has 0 saturated carbocycles. The van der Waals surface area contributed by atoms with E-state index in [1.807, 2.05) is 0 Å². The molecule has 9 nitrogen and oxygen atoms in total. The maximum atomic E-state index is 13.0. The van der Waals surface area contributed by atoms with Gasteiger partial charge in [-0.2, -0.15) is 0 Å². The summed E-state index contributed by atoms with van der Waals surface area (Å²) in [6.07, 6.45) is 11.2. The van der Waals surface area contributed by atoms with E-state index in [4.69, 9.17) is 5.73 Å². The summed E-state index contributed by atoms with van der Waals surface area (Å²) >= 11 is 0. The molecular formula is C22H21N5O4S. The summed E-state index contributed by atoms with van der Waals surface area (Å²) in [7, 11) is -3.91. The van der Waals surface area contributed by atoms with Gasteiger partial charge in [0.15, 0.2) is 0 Å². The molecule has 2 heterocycles. The number of carbonyl (C=O) groups excluding carboxylic acids is 2. The lowest BCUT2D eigenvalue weighted by molar-refractivity contribution is -0.131. The number of aromatic nitrogens is 1. The molecule has 0 radical (unpaired) electrons. The molecule has 0 bridgehead atoms. The molecule has 10 heteroatoms. The molecule has 2 aromatic rings. The molecule has 1 aromatic carbocycles. The Morgan fingerprint density at radius 2 is 1.81 bits per heavy atom. The van der Waals surface area contributed by atoms with Crippen LogP contribution >= 0.6 is 0 Å². The molecule has 0 atom stereocenters. The van der Waals surface area contributed by atoms with Crippen LogP contribution in [0, 0.1) is 0 Å². The Bertz CT molecular complexity index is 1300. The van der Waals surface area contributed by atoms with Crippen molar-refractivity contribution in [3.8, 4) is 0 Å². The number of pyridine rings is 1. The van der Waals surface area contributed by atoms with Gasteiger partial charge in [-0.15, -0.1) is 0 Å². The highest BCUT2D eigenvalue weighted by Crippen LogP contribution is 2.21. The molecule has 4 N–H and O–H groups in total. The average Bonchev–Trinajstić information content (AvgIpc) is 2.71. The van der Waals surface area contributed by atoms with Gasteiger partial charge in [-0.1, -0.05) is 30.4 Å². The molecule has 1 aliphatic heterocycles. The largest absolute Gasteiger partial charge is 0.352 e. The first-order valence-electron chi connectivity index (χ1n) is 9.82. The van der Waals surface area contributed by atoms with Crippen molar-refractivity contribution in [1.29, 1.82) is 0 Å². The third-order valence-corrected chi connectivity index (χ3v) is 6.42. The fourth-order valence-electron chi connectivity index (χ4n) is 3.44. The minimum absolute atomic E-state index is 0.0661. The summed E-state index contributed by atoms with van der Waals surface area (Å²) in [5.41, 5.74) is 6.15. The van der Waals surface area contributed by atoms with Crippen LogP contribution in [0.1, 0.15) is 0 Å². The van der Waals surface area contributed by atoms with E-state index in [0.717, 1.165) is 0 Å². The predicted octanol–water partition coefficient (Wildman–Crippen LogP) is 1.33. The minimum atomic E-state index is -3.91. The fraction of sp³-hybridized carbons (Fsp3) is 0.136. The number of nitrogens with two attached hydrogens (primary N) is 1. The third-order valence-electron chi connectivity index (χ3n) is 5.00. The molecule has 3 amide bonds. The van der Waals surface area contributed by atoms with Gasteiger partial charge in [0.05, 0.1) is 11.6 Å². The van der Waals surface area contributed by atoms with E-state index in [-0.39, 0.29) is 16.8 Å². The highest BCUT2D eigenvalue weighted by molar-refractivity contribution is 7.89. The van der Waals surface area contributed by atoms with E-state index in [2.05, 4.69) is 15.0 Å². The minimum Gasteiger partial charge on any atom is -0.352 e. The summed E-state index contributed by atoms with van der Waals surface area (Å²) in [5.74, 6) is -0.226. The Hall–Kier alpha value is -3.92. The number of nitrogens with zero attached hydrogens (tertiary/aromatic N) is 2. The van der Waals surface area contributed by atoms with E-state index in [1.165, 1.54) is 12.1 Å². The first-order valence-corrected chi connectivity index (χ1v) is 11.3. The van der Waals surface area contributed by atoms with Crippen molar-refractivity contribution in [3.63, 3.8) is 0 Å². The van der Waals surface area contributed by atoms with Crippen molar-refractivity contribution >= 4 is 32.9 Å². The summed E-state index contributed by atoms with van der Waals surface area (Å²) < 4.78 is 28.6. The van der Waals surface area contributed by atoms with Gasteiger partial charge in [0.25, 0.3) is 15.9 Å². The van der Waals surface area contributed by atoms with Gasteiger partial charge in [0, 0.05) is 35.9 Å². The number of fused-ring (bicyclic) bond motifs is 1. The lowest BCUT2D eigenvalue weighted by atomic mass is 10.1. The summed E-state index contributed by atoms with van der Waals surface area (Å²) in [5, 5.41) is 3.27. The Morgan fingerprint density at radius 1 is 1.06 bits per heavy atom. The van der Waals surface area contributed by atoms with Crippen molar-refractivity contribution in [2.24, 2.45) is 5.73 Å². The van der Waals surface area contributed by atoms with Gasteiger partial charge in [-0.05, 0) is 36.4 Å². The number of likely N-dealkylation sites (tertiary alicyclic amines) is 1. The van der Waals surface area contributed by atoms with E-state index < -0.39 is 16.1 Å². The quantitative estimate of drug-likeness (QED) is 0.630. The zero-order chi connectivity index (χ0) is 22.7. The molecule has 0 spiro atoms. The summed E-state index contributed by atoms with van der Waals surface area (Å²) in [4.78, 5) is 29.4. The van der Waals surface area contributed by atoms with Crippen LogP contribution in [-0.4, -0.2) is 49.4 Å². The van der Waals surface area contributed by atoms with Crippen LogP contribution in [0.15, 0.2) is 89.2 Å². The van der Waals surface area contributed by atoms with Crippen LogP contribution in [0.5, 0.6) is 0 Å². The van der Waals surface area contributed by atoms with Gasteiger partial charge < -0.3 is 16.0 Å². The second kappa shape index (κ2) is 8.67. The number of allylic oxidation sites excluding steroid dienone is 5. The van der Waals surface area contributed by atoms with Gasteiger partial charge in [-0.25, -0.2) is 13.2 Å². The van der Waals surface area contributed by atoms with Gasteiger partial charge in [0.2, 0.25) is 0 Å². The third kappa shape index (κ3) is 4.54.